The highest BCUT2D eigenvalue weighted by Crippen LogP contribution is 2.29. The fourth-order valence-corrected chi connectivity index (χ4v) is 2.88. The van der Waals surface area contributed by atoms with Crippen LogP contribution >= 0.6 is 0 Å². The van der Waals surface area contributed by atoms with Crippen molar-refractivity contribution in [2.75, 3.05) is 0 Å². The van der Waals surface area contributed by atoms with Crippen molar-refractivity contribution < 1.29 is 15.1 Å². The largest absolute Gasteiger partial charge is 0.481 e. The van der Waals surface area contributed by atoms with Gasteiger partial charge in [-0.15, -0.1) is 0 Å². The number of hydroxylamine groups is 1. The molecule has 0 heterocycles. The van der Waals surface area contributed by atoms with Crippen LogP contribution in [0, 0.1) is 11.8 Å². The van der Waals surface area contributed by atoms with Crippen molar-refractivity contribution in [3.63, 3.8) is 0 Å². The van der Waals surface area contributed by atoms with Crippen molar-refractivity contribution in [3.8, 4) is 0 Å². The Labute approximate surface area is 103 Å². The summed E-state index contributed by atoms with van der Waals surface area (Å²) in [5, 5.41) is 18.4. The molecule has 0 saturated heterocycles. The first-order valence-corrected chi connectivity index (χ1v) is 6.81. The lowest BCUT2D eigenvalue weighted by atomic mass is 9.80. The lowest BCUT2D eigenvalue weighted by molar-refractivity contribution is -0.142. The van der Waals surface area contributed by atoms with Gasteiger partial charge in [-0.2, -0.15) is 0 Å². The van der Waals surface area contributed by atoms with Crippen LogP contribution in [0.2, 0.25) is 0 Å². The van der Waals surface area contributed by atoms with Crippen molar-refractivity contribution in [1.29, 1.82) is 0 Å². The van der Waals surface area contributed by atoms with Crippen LogP contribution in [0.25, 0.3) is 0 Å². The molecular weight excluding hydrogens is 218 g/mol. The third kappa shape index (κ3) is 4.64. The van der Waals surface area contributed by atoms with Crippen molar-refractivity contribution >= 4 is 5.97 Å². The van der Waals surface area contributed by atoms with Crippen LogP contribution in [-0.2, 0) is 4.79 Å². The van der Waals surface area contributed by atoms with Crippen LogP contribution in [0.1, 0.15) is 58.3 Å². The molecule has 100 valence electrons. The molecule has 2 atom stereocenters. The van der Waals surface area contributed by atoms with Crippen LogP contribution in [0.5, 0.6) is 0 Å². The predicted molar refractivity (Wildman–Crippen MR) is 65.9 cm³/mol. The molecule has 1 aliphatic rings. The van der Waals surface area contributed by atoms with E-state index in [-0.39, 0.29) is 12.0 Å². The van der Waals surface area contributed by atoms with Gasteiger partial charge in [-0.3, -0.25) is 4.79 Å². The Bertz CT molecular complexity index is 227. The maximum Gasteiger partial charge on any atom is 0.306 e. The zero-order valence-corrected chi connectivity index (χ0v) is 10.7. The summed E-state index contributed by atoms with van der Waals surface area (Å²) in [6.45, 7) is 2.00. The Hall–Kier alpha value is -0.610. The summed E-state index contributed by atoms with van der Waals surface area (Å²) in [5.74, 6) is -0.623. The lowest BCUT2D eigenvalue weighted by Gasteiger charge is -2.30. The Morgan fingerprint density at radius 1 is 1.35 bits per heavy atom. The molecule has 1 fully saturated rings. The number of nitrogens with one attached hydrogen (secondary N) is 1. The SMILES string of the molecule is CCC[C@@H](C[C@H](NO)C1CCCCC1)C(=O)O. The van der Waals surface area contributed by atoms with Crippen molar-refractivity contribution in [2.45, 2.75) is 64.3 Å². The first-order chi connectivity index (χ1) is 8.19. The molecule has 0 aliphatic heterocycles. The minimum absolute atomic E-state index is 0.0528. The van der Waals surface area contributed by atoms with E-state index in [1.54, 1.807) is 0 Å². The maximum atomic E-state index is 11.1. The molecule has 0 unspecified atom stereocenters. The van der Waals surface area contributed by atoms with E-state index < -0.39 is 5.97 Å². The Morgan fingerprint density at radius 3 is 2.47 bits per heavy atom. The summed E-state index contributed by atoms with van der Waals surface area (Å²) in [6.07, 6.45) is 8.01. The van der Waals surface area contributed by atoms with Gasteiger partial charge in [0, 0.05) is 6.04 Å². The molecule has 4 heteroatoms. The summed E-state index contributed by atoms with van der Waals surface area (Å²) < 4.78 is 0. The van der Waals surface area contributed by atoms with E-state index >= 15 is 0 Å². The first kappa shape index (κ1) is 14.5. The Balaban J connectivity index is 2.50. The molecule has 0 bridgehead atoms. The number of rotatable bonds is 7. The fourth-order valence-electron chi connectivity index (χ4n) is 2.88. The second-order valence-corrected chi connectivity index (χ2v) is 5.19. The molecule has 3 N–H and O–H groups in total. The molecule has 0 amide bonds. The van der Waals surface area contributed by atoms with E-state index in [1.165, 1.54) is 19.3 Å². The molecule has 0 aromatic carbocycles. The van der Waals surface area contributed by atoms with Gasteiger partial charge < -0.3 is 10.3 Å². The summed E-state index contributed by atoms with van der Waals surface area (Å²) >= 11 is 0. The Morgan fingerprint density at radius 2 is 2.00 bits per heavy atom. The van der Waals surface area contributed by atoms with Crippen LogP contribution in [0.4, 0.5) is 0 Å². The van der Waals surface area contributed by atoms with Gasteiger partial charge in [0.2, 0.25) is 0 Å². The summed E-state index contributed by atoms with van der Waals surface area (Å²) in [6, 6.07) is -0.0528. The van der Waals surface area contributed by atoms with E-state index in [9.17, 15) is 10.0 Å². The molecule has 0 aromatic heterocycles. The molecule has 4 nitrogen and oxygen atoms in total. The molecule has 1 saturated carbocycles. The zero-order valence-electron chi connectivity index (χ0n) is 10.7. The number of hydrogen-bond donors (Lipinski definition) is 3. The second-order valence-electron chi connectivity index (χ2n) is 5.19. The normalized spacial score (nSPS) is 21.1. The van der Waals surface area contributed by atoms with Crippen LogP contribution < -0.4 is 5.48 Å². The third-order valence-corrected chi connectivity index (χ3v) is 3.91. The molecule has 0 spiro atoms. The van der Waals surface area contributed by atoms with Crippen molar-refractivity contribution in [3.05, 3.63) is 0 Å². The van der Waals surface area contributed by atoms with Crippen molar-refractivity contribution in [2.24, 2.45) is 11.8 Å². The minimum Gasteiger partial charge on any atom is -0.481 e. The van der Waals surface area contributed by atoms with Gasteiger partial charge in [-0.25, -0.2) is 5.48 Å². The highest BCUT2D eigenvalue weighted by atomic mass is 16.5. The van der Waals surface area contributed by atoms with Crippen LogP contribution in [0.15, 0.2) is 0 Å². The van der Waals surface area contributed by atoms with Gasteiger partial charge in [0.1, 0.15) is 0 Å². The average Bonchev–Trinajstić information content (AvgIpc) is 2.35. The number of carboxylic acid groups (broad SMARTS) is 1. The van der Waals surface area contributed by atoms with Gasteiger partial charge >= 0.3 is 5.97 Å². The van der Waals surface area contributed by atoms with Gasteiger partial charge in [0.25, 0.3) is 0 Å². The number of hydrogen-bond acceptors (Lipinski definition) is 3. The molecule has 1 aliphatic carbocycles. The summed E-state index contributed by atoms with van der Waals surface area (Å²) in [4.78, 5) is 11.1. The highest BCUT2D eigenvalue weighted by Gasteiger charge is 2.28. The standard InChI is InChI=1S/C13H25NO3/c1-2-6-11(13(15)16)9-12(14-17)10-7-4-3-5-8-10/h10-12,14,17H,2-9H2,1H3,(H,15,16)/t11-,12-/m0/s1. The predicted octanol–water partition coefficient (Wildman–Crippen LogP) is 2.81. The van der Waals surface area contributed by atoms with E-state index in [0.29, 0.717) is 18.8 Å². The Kier molecular flexibility index (Phi) is 6.52. The van der Waals surface area contributed by atoms with Crippen LogP contribution in [0.3, 0.4) is 0 Å². The molecule has 17 heavy (non-hydrogen) atoms. The van der Waals surface area contributed by atoms with E-state index in [1.807, 2.05) is 6.92 Å². The van der Waals surface area contributed by atoms with Gasteiger partial charge in [0.05, 0.1) is 5.92 Å². The highest BCUT2D eigenvalue weighted by molar-refractivity contribution is 5.69. The van der Waals surface area contributed by atoms with Gasteiger partial charge in [-0.05, 0) is 31.6 Å². The maximum absolute atomic E-state index is 11.1. The van der Waals surface area contributed by atoms with E-state index in [0.717, 1.165) is 19.3 Å². The molecular formula is C13H25NO3. The average molecular weight is 243 g/mol. The van der Waals surface area contributed by atoms with Crippen LogP contribution in [-0.4, -0.2) is 22.3 Å². The van der Waals surface area contributed by atoms with Gasteiger partial charge in [-0.1, -0.05) is 32.6 Å². The van der Waals surface area contributed by atoms with Gasteiger partial charge in [0.15, 0.2) is 0 Å². The van der Waals surface area contributed by atoms with E-state index in [4.69, 9.17) is 5.11 Å². The quantitative estimate of drug-likeness (QED) is 0.601. The van der Waals surface area contributed by atoms with Crippen molar-refractivity contribution in [1.82, 2.24) is 5.48 Å². The molecule has 1 rings (SSSR count). The monoisotopic (exact) mass is 243 g/mol. The second kappa shape index (κ2) is 7.67. The smallest absolute Gasteiger partial charge is 0.306 e. The number of aliphatic carboxylic acids is 1. The topological polar surface area (TPSA) is 69.6 Å². The molecule has 0 radical (unpaired) electrons. The number of carbonyl (C=O) groups is 1. The third-order valence-electron chi connectivity index (χ3n) is 3.91. The van der Waals surface area contributed by atoms with E-state index in [2.05, 4.69) is 5.48 Å². The first-order valence-electron chi connectivity index (χ1n) is 6.81. The summed E-state index contributed by atoms with van der Waals surface area (Å²) in [5.41, 5.74) is 2.35. The summed E-state index contributed by atoms with van der Waals surface area (Å²) in [7, 11) is 0. The minimum atomic E-state index is -0.733. The zero-order chi connectivity index (χ0) is 12.7. The fraction of sp³-hybridized carbons (Fsp3) is 0.923. The number of carboxylic acids is 1. The molecule has 0 aromatic rings. The lowest BCUT2D eigenvalue weighted by Crippen LogP contribution is -2.38.